The van der Waals surface area contributed by atoms with Crippen LogP contribution in [0.5, 0.6) is 11.5 Å². The first-order chi connectivity index (χ1) is 15.3. The number of amides is 1. The molecule has 0 saturated carbocycles. The maximum absolute atomic E-state index is 14.7. The van der Waals surface area contributed by atoms with E-state index in [0.29, 0.717) is 11.3 Å². The molecule has 0 aliphatic heterocycles. The van der Waals surface area contributed by atoms with Crippen LogP contribution < -0.4 is 14.3 Å². The lowest BCUT2D eigenvalue weighted by molar-refractivity contribution is -0.120. The van der Waals surface area contributed by atoms with Crippen molar-refractivity contribution < 1.29 is 26.5 Å². The van der Waals surface area contributed by atoms with Gasteiger partial charge in [0.2, 0.25) is 5.91 Å². The minimum Gasteiger partial charge on any atom is -0.497 e. The van der Waals surface area contributed by atoms with Crippen LogP contribution in [0.1, 0.15) is 16.7 Å². The van der Waals surface area contributed by atoms with Gasteiger partial charge >= 0.3 is 10.1 Å². The molecule has 0 spiro atoms. The number of nitrogens with zero attached hydrogens (tertiary/aromatic N) is 1. The SMILES string of the molecule is COc1cccc(CC(=O)NN=Cc2c(S(=O)(=O)Oc3ccccc3)ccc(C)c2F)c1. The van der Waals surface area contributed by atoms with Crippen molar-refractivity contribution in [3.05, 3.63) is 89.2 Å². The Balaban J connectivity index is 1.80. The number of halogens is 1. The maximum atomic E-state index is 14.7. The molecule has 7 nitrogen and oxygen atoms in total. The molecule has 0 aliphatic carbocycles. The Morgan fingerprint density at radius 3 is 2.50 bits per heavy atom. The highest BCUT2D eigenvalue weighted by atomic mass is 32.2. The lowest BCUT2D eigenvalue weighted by Gasteiger charge is -2.11. The van der Waals surface area contributed by atoms with Gasteiger partial charge in [-0.15, -0.1) is 0 Å². The van der Waals surface area contributed by atoms with Crippen molar-refractivity contribution in [2.45, 2.75) is 18.2 Å². The van der Waals surface area contributed by atoms with Crippen LogP contribution in [0.3, 0.4) is 0 Å². The molecule has 0 bridgehead atoms. The number of carbonyl (C=O) groups excluding carboxylic acids is 1. The molecule has 0 radical (unpaired) electrons. The fourth-order valence-electron chi connectivity index (χ4n) is 2.85. The van der Waals surface area contributed by atoms with E-state index >= 15 is 0 Å². The van der Waals surface area contributed by atoms with Gasteiger partial charge in [-0.1, -0.05) is 36.4 Å². The first-order valence-electron chi connectivity index (χ1n) is 9.53. The third kappa shape index (κ3) is 5.70. The van der Waals surface area contributed by atoms with Gasteiger partial charge in [0.1, 0.15) is 22.2 Å². The summed E-state index contributed by atoms with van der Waals surface area (Å²) in [5, 5.41) is 3.75. The Kier molecular flexibility index (Phi) is 7.21. The molecule has 0 heterocycles. The summed E-state index contributed by atoms with van der Waals surface area (Å²) in [6, 6.07) is 17.4. The van der Waals surface area contributed by atoms with Crippen LogP contribution in [0, 0.1) is 12.7 Å². The van der Waals surface area contributed by atoms with Gasteiger partial charge in [0.15, 0.2) is 0 Å². The molecule has 3 aromatic rings. The molecular weight excluding hydrogens is 435 g/mol. The van der Waals surface area contributed by atoms with Crippen LogP contribution in [-0.2, 0) is 21.3 Å². The Morgan fingerprint density at radius 1 is 1.06 bits per heavy atom. The summed E-state index contributed by atoms with van der Waals surface area (Å²) in [4.78, 5) is 11.8. The van der Waals surface area contributed by atoms with Crippen LogP contribution >= 0.6 is 0 Å². The van der Waals surface area contributed by atoms with Crippen molar-refractivity contribution >= 4 is 22.2 Å². The highest BCUT2D eigenvalue weighted by Gasteiger charge is 2.24. The van der Waals surface area contributed by atoms with E-state index in [4.69, 9.17) is 8.92 Å². The zero-order chi connectivity index (χ0) is 23.1. The lowest BCUT2D eigenvalue weighted by Crippen LogP contribution is -2.20. The molecule has 1 amide bonds. The van der Waals surface area contributed by atoms with E-state index in [1.807, 2.05) is 0 Å². The number of hydrogen-bond acceptors (Lipinski definition) is 6. The summed E-state index contributed by atoms with van der Waals surface area (Å²) < 4.78 is 50.4. The fourth-order valence-corrected chi connectivity index (χ4v) is 3.95. The van der Waals surface area contributed by atoms with E-state index < -0.39 is 26.7 Å². The number of hydrazone groups is 1. The normalized spacial score (nSPS) is 11.3. The van der Waals surface area contributed by atoms with Gasteiger partial charge in [-0.3, -0.25) is 4.79 Å². The van der Waals surface area contributed by atoms with Crippen molar-refractivity contribution in [3.63, 3.8) is 0 Å². The maximum Gasteiger partial charge on any atom is 0.339 e. The van der Waals surface area contributed by atoms with Gasteiger partial charge in [-0.2, -0.15) is 13.5 Å². The van der Waals surface area contributed by atoms with Gasteiger partial charge in [0.05, 0.1) is 25.3 Å². The third-order valence-corrected chi connectivity index (χ3v) is 5.74. The number of rotatable bonds is 8. The highest BCUT2D eigenvalue weighted by molar-refractivity contribution is 7.87. The van der Waals surface area contributed by atoms with Gasteiger partial charge < -0.3 is 8.92 Å². The quantitative estimate of drug-likeness (QED) is 0.318. The summed E-state index contributed by atoms with van der Waals surface area (Å²) in [6.45, 7) is 1.49. The Morgan fingerprint density at radius 2 is 1.78 bits per heavy atom. The molecule has 3 aromatic carbocycles. The van der Waals surface area contributed by atoms with E-state index in [9.17, 15) is 17.6 Å². The molecule has 3 rings (SSSR count). The van der Waals surface area contributed by atoms with Gasteiger partial charge in [0, 0.05) is 0 Å². The number of carbonyl (C=O) groups is 1. The van der Waals surface area contributed by atoms with Crippen molar-refractivity contribution in [2.75, 3.05) is 7.11 Å². The van der Waals surface area contributed by atoms with E-state index in [0.717, 1.165) is 6.21 Å². The fraction of sp³-hybridized carbons (Fsp3) is 0.130. The molecular formula is C23H21FN2O5S. The molecule has 0 unspecified atom stereocenters. The summed E-state index contributed by atoms with van der Waals surface area (Å²) in [6.07, 6.45) is 0.958. The van der Waals surface area contributed by atoms with Crippen molar-refractivity contribution in [2.24, 2.45) is 5.10 Å². The van der Waals surface area contributed by atoms with Crippen molar-refractivity contribution in [1.82, 2.24) is 5.43 Å². The summed E-state index contributed by atoms with van der Waals surface area (Å²) in [5.41, 5.74) is 2.87. The van der Waals surface area contributed by atoms with E-state index in [1.54, 1.807) is 42.5 Å². The first kappa shape index (κ1) is 23.0. The second-order valence-corrected chi connectivity index (χ2v) is 8.29. The minimum atomic E-state index is -4.35. The molecule has 1 N–H and O–H groups in total. The third-order valence-electron chi connectivity index (χ3n) is 4.43. The predicted octanol–water partition coefficient (Wildman–Crippen LogP) is 3.60. The van der Waals surface area contributed by atoms with Crippen molar-refractivity contribution in [1.29, 1.82) is 0 Å². The number of aryl methyl sites for hydroxylation is 1. The molecule has 0 aromatic heterocycles. The number of nitrogens with one attached hydrogen (secondary N) is 1. The lowest BCUT2D eigenvalue weighted by atomic mass is 10.1. The smallest absolute Gasteiger partial charge is 0.339 e. The molecule has 32 heavy (non-hydrogen) atoms. The summed E-state index contributed by atoms with van der Waals surface area (Å²) in [7, 11) is -2.83. The molecule has 0 aliphatic rings. The van der Waals surface area contributed by atoms with Crippen LogP contribution in [0.15, 0.2) is 76.7 Å². The topological polar surface area (TPSA) is 94.1 Å². The van der Waals surface area contributed by atoms with Crippen LogP contribution in [0.25, 0.3) is 0 Å². The predicted molar refractivity (Wildman–Crippen MR) is 118 cm³/mol. The number of methoxy groups -OCH3 is 1. The first-order valence-corrected chi connectivity index (χ1v) is 10.9. The molecule has 9 heteroatoms. The van der Waals surface area contributed by atoms with Crippen LogP contribution in [0.4, 0.5) is 4.39 Å². The Labute approximate surface area is 185 Å². The van der Waals surface area contributed by atoms with Crippen LogP contribution in [-0.4, -0.2) is 27.6 Å². The monoisotopic (exact) mass is 456 g/mol. The van der Waals surface area contributed by atoms with E-state index in [2.05, 4.69) is 10.5 Å². The summed E-state index contributed by atoms with van der Waals surface area (Å²) in [5.74, 6) is -0.558. The van der Waals surface area contributed by atoms with Gasteiger partial charge in [-0.05, 0) is 48.4 Å². The van der Waals surface area contributed by atoms with Crippen molar-refractivity contribution in [3.8, 4) is 11.5 Å². The average Bonchev–Trinajstić information content (AvgIpc) is 2.77. The molecule has 0 fully saturated rings. The summed E-state index contributed by atoms with van der Waals surface area (Å²) >= 11 is 0. The zero-order valence-electron chi connectivity index (χ0n) is 17.4. The number of ether oxygens (including phenoxy) is 1. The van der Waals surface area contributed by atoms with Crippen LogP contribution in [0.2, 0.25) is 0 Å². The number of para-hydroxylation sites is 1. The molecule has 166 valence electrons. The second kappa shape index (κ2) is 10.1. The van der Waals surface area contributed by atoms with Gasteiger partial charge in [-0.25, -0.2) is 9.82 Å². The highest BCUT2D eigenvalue weighted by Crippen LogP contribution is 2.24. The Hall–Kier alpha value is -3.72. The van der Waals surface area contributed by atoms with Gasteiger partial charge in [0.25, 0.3) is 0 Å². The largest absolute Gasteiger partial charge is 0.497 e. The minimum absolute atomic E-state index is 0.00706. The standard InChI is InChI=1S/C23H21FN2O5S/c1-16-11-12-21(32(28,29)31-18-8-4-3-5-9-18)20(23(16)24)15-25-26-22(27)14-17-7-6-10-19(13-17)30-2/h3-13,15H,14H2,1-2H3,(H,26,27). The zero-order valence-corrected chi connectivity index (χ0v) is 18.2. The number of benzene rings is 3. The van der Waals surface area contributed by atoms with E-state index in [1.165, 1.54) is 38.3 Å². The Bertz CT molecular complexity index is 1240. The van der Waals surface area contributed by atoms with E-state index in [-0.39, 0.29) is 23.3 Å². The average molecular weight is 456 g/mol. The second-order valence-electron chi connectivity index (χ2n) is 6.78. The molecule has 0 atom stereocenters. The number of hydrogen-bond donors (Lipinski definition) is 1. The molecule has 0 saturated heterocycles.